The van der Waals surface area contributed by atoms with Crippen LogP contribution in [0, 0.1) is 0 Å². The zero-order valence-electron chi connectivity index (χ0n) is 18.9. The Morgan fingerprint density at radius 3 is 1.91 bits per heavy atom. The molecule has 1 fully saturated rings. The molecule has 0 amide bonds. The average molecular weight is 428 g/mol. The molecule has 0 bridgehead atoms. The molecule has 2 heterocycles. The van der Waals surface area contributed by atoms with Gasteiger partial charge in [-0.15, -0.1) is 0 Å². The van der Waals surface area contributed by atoms with Gasteiger partial charge in [0, 0.05) is 37.0 Å². The fourth-order valence-corrected chi connectivity index (χ4v) is 5.32. The summed E-state index contributed by atoms with van der Waals surface area (Å²) < 4.78 is 2.36. The van der Waals surface area contributed by atoms with Crippen molar-refractivity contribution in [1.29, 1.82) is 0 Å². The first-order valence-corrected chi connectivity index (χ1v) is 11.9. The minimum absolute atomic E-state index is 0.0636. The maximum Gasteiger partial charge on any atom is 0.113 e. The molecule has 0 saturated carbocycles. The topological polar surface area (TPSA) is 31.6 Å². The number of piperazine rings is 1. The Morgan fingerprint density at radius 1 is 0.750 bits per heavy atom. The molecule has 2 atom stereocenters. The van der Waals surface area contributed by atoms with Gasteiger partial charge in [0.25, 0.3) is 0 Å². The highest BCUT2D eigenvalue weighted by molar-refractivity contribution is 6.08. The van der Waals surface area contributed by atoms with E-state index in [0.29, 0.717) is 0 Å². The Labute approximate surface area is 190 Å². The highest BCUT2D eigenvalue weighted by Crippen LogP contribution is 2.34. The fourth-order valence-electron chi connectivity index (χ4n) is 5.32. The first kappa shape index (κ1) is 21.2. The van der Waals surface area contributed by atoms with Crippen LogP contribution >= 0.6 is 0 Å². The highest BCUT2D eigenvalue weighted by atomic mass is 16.3. The molecule has 4 nitrogen and oxygen atoms in total. The van der Waals surface area contributed by atoms with E-state index in [1.54, 1.807) is 0 Å². The minimum atomic E-state index is -0.459. The number of aryl methyl sites for hydroxylation is 1. The highest BCUT2D eigenvalue weighted by Gasteiger charge is 2.30. The van der Waals surface area contributed by atoms with Gasteiger partial charge in [-0.1, -0.05) is 66.7 Å². The lowest BCUT2D eigenvalue weighted by Gasteiger charge is -2.41. The molecule has 0 radical (unpaired) electrons. The van der Waals surface area contributed by atoms with Crippen LogP contribution in [0.3, 0.4) is 0 Å². The Balaban J connectivity index is 1.32. The summed E-state index contributed by atoms with van der Waals surface area (Å²) in [5.41, 5.74) is 3.82. The van der Waals surface area contributed by atoms with Crippen LogP contribution in [0.25, 0.3) is 21.8 Å². The van der Waals surface area contributed by atoms with Crippen LogP contribution in [-0.2, 0) is 6.42 Å². The number of hydrogen-bond acceptors (Lipinski definition) is 3. The number of para-hydroxylation sites is 2. The van der Waals surface area contributed by atoms with Gasteiger partial charge in [0.15, 0.2) is 0 Å². The maximum absolute atomic E-state index is 10.9. The van der Waals surface area contributed by atoms with Crippen LogP contribution in [0.1, 0.15) is 25.1 Å². The van der Waals surface area contributed by atoms with Crippen molar-refractivity contribution in [3.05, 3.63) is 84.4 Å². The number of aliphatic hydroxyl groups is 1. The summed E-state index contributed by atoms with van der Waals surface area (Å²) in [6, 6.07) is 27.9. The smallest absolute Gasteiger partial charge is 0.113 e. The Bertz CT molecular complexity index is 1110. The van der Waals surface area contributed by atoms with Gasteiger partial charge in [0.2, 0.25) is 0 Å². The van der Waals surface area contributed by atoms with Crippen molar-refractivity contribution < 1.29 is 5.11 Å². The minimum Gasteiger partial charge on any atom is -0.390 e. The van der Waals surface area contributed by atoms with E-state index >= 15 is 0 Å². The molecule has 4 aromatic rings. The molecule has 0 aliphatic carbocycles. The van der Waals surface area contributed by atoms with Gasteiger partial charge >= 0.3 is 0 Å². The molecule has 2 unspecified atom stereocenters. The number of hydrogen-bond donors (Lipinski definition) is 1. The maximum atomic E-state index is 10.9. The molecule has 1 aliphatic heterocycles. The predicted octanol–water partition coefficient (Wildman–Crippen LogP) is 4.92. The van der Waals surface area contributed by atoms with Gasteiger partial charge in [-0.3, -0.25) is 4.90 Å². The van der Waals surface area contributed by atoms with Crippen LogP contribution in [-0.4, -0.2) is 58.3 Å². The number of aliphatic hydroxyl groups excluding tert-OH is 1. The monoisotopic (exact) mass is 427 g/mol. The van der Waals surface area contributed by atoms with Crippen LogP contribution in [0.15, 0.2) is 78.9 Å². The standard InChI is InChI=1S/C28H33N3O/c1-22(32)28(31-26-15-7-5-13-24(26)25-14-6-8-16-27(25)31)30-20-18-29(19-21-30)17-9-12-23-10-3-2-4-11-23/h2-8,10-11,13-16,22,28,32H,9,12,17-21H2,1H3. The summed E-state index contributed by atoms with van der Waals surface area (Å²) in [5.74, 6) is 0. The lowest BCUT2D eigenvalue weighted by atomic mass is 10.1. The van der Waals surface area contributed by atoms with Crippen molar-refractivity contribution in [1.82, 2.24) is 14.4 Å². The van der Waals surface area contributed by atoms with Gasteiger partial charge in [0.05, 0.1) is 17.1 Å². The van der Waals surface area contributed by atoms with Gasteiger partial charge in [-0.2, -0.15) is 0 Å². The lowest BCUT2D eigenvalue weighted by molar-refractivity contribution is -0.00548. The molecule has 166 valence electrons. The van der Waals surface area contributed by atoms with Gasteiger partial charge < -0.3 is 14.6 Å². The zero-order valence-corrected chi connectivity index (χ0v) is 18.9. The van der Waals surface area contributed by atoms with E-state index in [1.807, 2.05) is 6.92 Å². The van der Waals surface area contributed by atoms with Crippen molar-refractivity contribution in [3.8, 4) is 0 Å². The summed E-state index contributed by atoms with van der Waals surface area (Å²) >= 11 is 0. The number of benzene rings is 3. The number of fused-ring (bicyclic) bond motifs is 3. The number of nitrogens with zero attached hydrogens (tertiary/aromatic N) is 3. The third-order valence-corrected chi connectivity index (χ3v) is 6.88. The van der Waals surface area contributed by atoms with E-state index in [-0.39, 0.29) is 6.17 Å². The van der Waals surface area contributed by atoms with Crippen molar-refractivity contribution in [2.45, 2.75) is 32.0 Å². The Hall–Kier alpha value is -2.66. The molecular formula is C28H33N3O. The third kappa shape index (κ3) is 4.18. The third-order valence-electron chi connectivity index (χ3n) is 6.88. The molecule has 0 spiro atoms. The molecule has 5 rings (SSSR count). The first-order chi connectivity index (χ1) is 15.7. The van der Waals surface area contributed by atoms with Crippen LogP contribution in [0.4, 0.5) is 0 Å². The summed E-state index contributed by atoms with van der Waals surface area (Å²) in [6.45, 7) is 7.12. The van der Waals surface area contributed by atoms with E-state index in [9.17, 15) is 5.11 Å². The predicted molar refractivity (Wildman–Crippen MR) is 133 cm³/mol. The molecule has 3 aromatic carbocycles. The van der Waals surface area contributed by atoms with Crippen LogP contribution in [0.5, 0.6) is 0 Å². The van der Waals surface area contributed by atoms with Gasteiger partial charge in [0.1, 0.15) is 6.17 Å². The summed E-state index contributed by atoms with van der Waals surface area (Å²) in [5, 5.41) is 13.4. The van der Waals surface area contributed by atoms with Gasteiger partial charge in [-0.25, -0.2) is 0 Å². The van der Waals surface area contributed by atoms with Crippen LogP contribution in [0.2, 0.25) is 0 Å². The molecule has 32 heavy (non-hydrogen) atoms. The largest absolute Gasteiger partial charge is 0.390 e. The second-order valence-electron chi connectivity index (χ2n) is 9.03. The SMILES string of the molecule is CC(O)C(N1CCN(CCCc2ccccc2)CC1)n1c2ccccc2c2ccccc21. The quantitative estimate of drug-likeness (QED) is 0.454. The lowest BCUT2D eigenvalue weighted by Crippen LogP contribution is -2.51. The molecular weight excluding hydrogens is 394 g/mol. The van der Waals surface area contributed by atoms with E-state index in [0.717, 1.165) is 39.1 Å². The van der Waals surface area contributed by atoms with E-state index < -0.39 is 6.10 Å². The second-order valence-corrected chi connectivity index (χ2v) is 9.03. The van der Waals surface area contributed by atoms with Gasteiger partial charge in [-0.05, 0) is 44.0 Å². The Morgan fingerprint density at radius 2 is 1.31 bits per heavy atom. The molecule has 1 aliphatic rings. The normalized spacial score (nSPS) is 17.7. The number of aromatic nitrogens is 1. The summed E-state index contributed by atoms with van der Waals surface area (Å²) in [4.78, 5) is 5.04. The first-order valence-electron chi connectivity index (χ1n) is 11.9. The Kier molecular flexibility index (Phi) is 6.26. The van der Waals surface area contributed by atoms with Crippen LogP contribution < -0.4 is 0 Å². The molecule has 4 heteroatoms. The number of rotatable bonds is 7. The zero-order chi connectivity index (χ0) is 21.9. The summed E-state index contributed by atoms with van der Waals surface area (Å²) in [6.07, 6.45) is 1.81. The molecule has 1 saturated heterocycles. The molecule has 1 aromatic heterocycles. The van der Waals surface area contributed by atoms with E-state index in [1.165, 1.54) is 33.8 Å². The van der Waals surface area contributed by atoms with Crippen molar-refractivity contribution in [3.63, 3.8) is 0 Å². The second kappa shape index (κ2) is 9.45. The molecule has 1 N–H and O–H groups in total. The fraction of sp³-hybridized carbons (Fsp3) is 0.357. The van der Waals surface area contributed by atoms with Crippen molar-refractivity contribution >= 4 is 21.8 Å². The van der Waals surface area contributed by atoms with Crippen molar-refractivity contribution in [2.24, 2.45) is 0 Å². The van der Waals surface area contributed by atoms with E-state index in [4.69, 9.17) is 0 Å². The van der Waals surface area contributed by atoms with Crippen molar-refractivity contribution in [2.75, 3.05) is 32.7 Å². The average Bonchev–Trinajstić information content (AvgIpc) is 3.15. The van der Waals surface area contributed by atoms with E-state index in [2.05, 4.69) is 93.2 Å². The summed E-state index contributed by atoms with van der Waals surface area (Å²) in [7, 11) is 0.